The third kappa shape index (κ3) is 2.23. The average molecular weight is 263 g/mol. The molecule has 94 valence electrons. The number of thioether (sulfide) groups is 1. The Labute approximate surface area is 108 Å². The van der Waals surface area contributed by atoms with Crippen LogP contribution in [-0.4, -0.2) is 49.1 Å². The molecule has 1 saturated heterocycles. The number of hydrogen-bond donors (Lipinski definition) is 1. The Morgan fingerprint density at radius 1 is 1.11 bits per heavy atom. The predicted octanol–water partition coefficient (Wildman–Crippen LogP) is 0.193. The number of imidazole rings is 1. The van der Waals surface area contributed by atoms with Crippen molar-refractivity contribution in [1.29, 1.82) is 0 Å². The highest BCUT2D eigenvalue weighted by Crippen LogP contribution is 2.16. The molecule has 1 aliphatic rings. The molecule has 8 heteroatoms. The monoisotopic (exact) mass is 263 g/mol. The maximum atomic E-state index is 5.74. The van der Waals surface area contributed by atoms with Gasteiger partial charge in [0.15, 0.2) is 0 Å². The van der Waals surface area contributed by atoms with Crippen LogP contribution >= 0.6 is 11.8 Å². The third-order valence-electron chi connectivity index (χ3n) is 2.66. The van der Waals surface area contributed by atoms with Crippen LogP contribution < -0.4 is 10.6 Å². The number of rotatable bonds is 2. The molecule has 18 heavy (non-hydrogen) atoms. The second kappa shape index (κ2) is 4.81. The largest absolute Gasteiger partial charge is 0.368 e. The Morgan fingerprint density at radius 3 is 2.61 bits per heavy atom. The molecular weight excluding hydrogens is 250 g/mol. The SMILES string of the molecule is Nc1nc(N2CCSCC2)nc(-n2ccnc2)n1. The standard InChI is InChI=1S/C10H13N7S/c11-8-13-9(16-3-5-18-6-4-16)15-10(14-8)17-2-1-12-7-17/h1-2,7H,3-6H2,(H2,11,13,14,15). The van der Waals surface area contributed by atoms with Crippen LogP contribution in [-0.2, 0) is 0 Å². The molecule has 0 unspecified atom stereocenters. The molecule has 0 atom stereocenters. The number of nitrogens with zero attached hydrogens (tertiary/aromatic N) is 6. The molecule has 0 spiro atoms. The molecule has 0 bridgehead atoms. The maximum absolute atomic E-state index is 5.74. The fraction of sp³-hybridized carbons (Fsp3) is 0.400. The molecule has 2 N–H and O–H groups in total. The quantitative estimate of drug-likeness (QED) is 0.827. The smallest absolute Gasteiger partial charge is 0.241 e. The first kappa shape index (κ1) is 11.3. The van der Waals surface area contributed by atoms with Gasteiger partial charge in [0.2, 0.25) is 17.8 Å². The van der Waals surface area contributed by atoms with Crippen molar-refractivity contribution in [1.82, 2.24) is 24.5 Å². The van der Waals surface area contributed by atoms with E-state index in [9.17, 15) is 0 Å². The van der Waals surface area contributed by atoms with Crippen molar-refractivity contribution in [2.24, 2.45) is 0 Å². The minimum absolute atomic E-state index is 0.238. The summed E-state index contributed by atoms with van der Waals surface area (Å²) in [5, 5.41) is 0. The molecule has 0 aliphatic carbocycles. The molecule has 3 rings (SSSR count). The van der Waals surface area contributed by atoms with Crippen LogP contribution in [0.3, 0.4) is 0 Å². The van der Waals surface area contributed by atoms with Crippen molar-refractivity contribution in [3.8, 4) is 5.95 Å². The molecule has 1 fully saturated rings. The van der Waals surface area contributed by atoms with Crippen molar-refractivity contribution in [2.75, 3.05) is 35.2 Å². The lowest BCUT2D eigenvalue weighted by Crippen LogP contribution is -2.34. The molecular formula is C10H13N7S. The summed E-state index contributed by atoms with van der Waals surface area (Å²) in [6.07, 6.45) is 5.10. The lowest BCUT2D eigenvalue weighted by molar-refractivity contribution is 0.793. The Bertz CT molecular complexity index is 521. The predicted molar refractivity (Wildman–Crippen MR) is 70.9 cm³/mol. The van der Waals surface area contributed by atoms with Gasteiger partial charge in [-0.3, -0.25) is 4.57 Å². The number of anilines is 2. The summed E-state index contributed by atoms with van der Waals surface area (Å²) >= 11 is 1.94. The fourth-order valence-electron chi connectivity index (χ4n) is 1.77. The molecule has 0 radical (unpaired) electrons. The first-order valence-corrected chi connectivity index (χ1v) is 6.81. The van der Waals surface area contributed by atoms with Gasteiger partial charge in [0.1, 0.15) is 6.33 Å². The van der Waals surface area contributed by atoms with Gasteiger partial charge in [-0.2, -0.15) is 26.7 Å². The van der Waals surface area contributed by atoms with Gasteiger partial charge in [-0.15, -0.1) is 0 Å². The lowest BCUT2D eigenvalue weighted by Gasteiger charge is -2.26. The summed E-state index contributed by atoms with van der Waals surface area (Å²) in [5.74, 6) is 3.57. The van der Waals surface area contributed by atoms with E-state index < -0.39 is 0 Å². The lowest BCUT2D eigenvalue weighted by atomic mass is 10.5. The summed E-state index contributed by atoms with van der Waals surface area (Å²) in [4.78, 5) is 18.9. The van der Waals surface area contributed by atoms with Crippen molar-refractivity contribution < 1.29 is 0 Å². The molecule has 0 saturated carbocycles. The Balaban J connectivity index is 1.95. The Hall–Kier alpha value is -1.83. The molecule has 7 nitrogen and oxygen atoms in total. The Morgan fingerprint density at radius 2 is 1.89 bits per heavy atom. The summed E-state index contributed by atoms with van der Waals surface area (Å²) in [6, 6.07) is 0. The highest BCUT2D eigenvalue weighted by atomic mass is 32.2. The van der Waals surface area contributed by atoms with Crippen molar-refractivity contribution in [2.45, 2.75) is 0 Å². The molecule has 1 aliphatic heterocycles. The van der Waals surface area contributed by atoms with E-state index >= 15 is 0 Å². The van der Waals surface area contributed by atoms with Crippen LogP contribution in [0, 0.1) is 0 Å². The minimum atomic E-state index is 0.238. The normalized spacial score (nSPS) is 15.9. The van der Waals surface area contributed by atoms with E-state index in [1.54, 1.807) is 23.3 Å². The van der Waals surface area contributed by atoms with E-state index in [2.05, 4.69) is 24.8 Å². The minimum Gasteiger partial charge on any atom is -0.368 e. The van der Waals surface area contributed by atoms with E-state index in [-0.39, 0.29) is 5.95 Å². The van der Waals surface area contributed by atoms with Gasteiger partial charge in [0, 0.05) is 37.0 Å². The van der Waals surface area contributed by atoms with Gasteiger partial charge in [0.05, 0.1) is 0 Å². The zero-order valence-corrected chi connectivity index (χ0v) is 10.5. The van der Waals surface area contributed by atoms with Gasteiger partial charge >= 0.3 is 0 Å². The first-order valence-electron chi connectivity index (χ1n) is 5.65. The number of hydrogen-bond acceptors (Lipinski definition) is 7. The molecule has 2 aromatic heterocycles. The van der Waals surface area contributed by atoms with Crippen LogP contribution in [0.15, 0.2) is 18.7 Å². The van der Waals surface area contributed by atoms with E-state index in [1.165, 1.54) is 0 Å². The van der Waals surface area contributed by atoms with Crippen LogP contribution in [0.4, 0.5) is 11.9 Å². The highest BCUT2D eigenvalue weighted by Gasteiger charge is 2.16. The van der Waals surface area contributed by atoms with Crippen LogP contribution in [0.2, 0.25) is 0 Å². The number of aromatic nitrogens is 5. The zero-order valence-electron chi connectivity index (χ0n) is 9.73. The van der Waals surface area contributed by atoms with Crippen molar-refractivity contribution in [3.05, 3.63) is 18.7 Å². The van der Waals surface area contributed by atoms with Crippen molar-refractivity contribution in [3.63, 3.8) is 0 Å². The maximum Gasteiger partial charge on any atom is 0.241 e. The molecule has 0 amide bonds. The van der Waals surface area contributed by atoms with E-state index in [0.29, 0.717) is 11.9 Å². The first-order chi connectivity index (χ1) is 8.83. The summed E-state index contributed by atoms with van der Waals surface area (Å²) in [5.41, 5.74) is 5.74. The van der Waals surface area contributed by atoms with Crippen LogP contribution in [0.25, 0.3) is 5.95 Å². The fourth-order valence-corrected chi connectivity index (χ4v) is 2.67. The van der Waals surface area contributed by atoms with Crippen LogP contribution in [0.5, 0.6) is 0 Å². The average Bonchev–Trinajstić information content (AvgIpc) is 2.93. The zero-order chi connectivity index (χ0) is 12.4. The Kier molecular flexibility index (Phi) is 3.01. The summed E-state index contributed by atoms with van der Waals surface area (Å²) in [7, 11) is 0. The number of nitrogens with two attached hydrogens (primary N) is 1. The molecule has 3 heterocycles. The van der Waals surface area contributed by atoms with Gasteiger partial charge in [-0.05, 0) is 0 Å². The van der Waals surface area contributed by atoms with Gasteiger partial charge in [0.25, 0.3) is 0 Å². The van der Waals surface area contributed by atoms with E-state index in [1.807, 2.05) is 11.8 Å². The van der Waals surface area contributed by atoms with Gasteiger partial charge in [-0.1, -0.05) is 0 Å². The van der Waals surface area contributed by atoms with E-state index in [4.69, 9.17) is 5.73 Å². The number of nitrogen functional groups attached to an aromatic ring is 1. The molecule has 0 aromatic carbocycles. The van der Waals surface area contributed by atoms with Gasteiger partial charge in [-0.25, -0.2) is 4.98 Å². The third-order valence-corrected chi connectivity index (χ3v) is 3.60. The summed E-state index contributed by atoms with van der Waals surface area (Å²) < 4.78 is 1.72. The molecule has 2 aromatic rings. The second-order valence-corrected chi connectivity index (χ2v) is 5.09. The van der Waals surface area contributed by atoms with Crippen molar-refractivity contribution >= 4 is 23.7 Å². The summed E-state index contributed by atoms with van der Waals surface area (Å²) in [6.45, 7) is 1.88. The van der Waals surface area contributed by atoms with E-state index in [0.717, 1.165) is 24.6 Å². The van der Waals surface area contributed by atoms with Crippen LogP contribution in [0.1, 0.15) is 0 Å². The second-order valence-electron chi connectivity index (χ2n) is 3.86. The topological polar surface area (TPSA) is 85.8 Å². The van der Waals surface area contributed by atoms with Gasteiger partial charge < -0.3 is 10.6 Å². The highest BCUT2D eigenvalue weighted by molar-refractivity contribution is 7.99.